The molecule has 0 spiro atoms. The number of fused-ring (bicyclic) bond motifs is 1. The minimum Gasteiger partial charge on any atom is -0.467 e. The maximum atomic E-state index is 13.1. The summed E-state index contributed by atoms with van der Waals surface area (Å²) in [7, 11) is 0. The van der Waals surface area contributed by atoms with Crippen LogP contribution in [0.3, 0.4) is 0 Å². The van der Waals surface area contributed by atoms with Crippen LogP contribution in [0.25, 0.3) is 10.9 Å². The van der Waals surface area contributed by atoms with Crippen molar-refractivity contribution in [2.45, 2.75) is 22.1 Å². The number of para-hydroxylation sites is 1. The van der Waals surface area contributed by atoms with Gasteiger partial charge in [0.25, 0.3) is 0 Å². The van der Waals surface area contributed by atoms with E-state index >= 15 is 0 Å². The smallest absolute Gasteiger partial charge is 0.451 e. The van der Waals surface area contributed by atoms with Gasteiger partial charge < -0.3 is 9.73 Å². The minimum absolute atomic E-state index is 0.182. The third kappa shape index (κ3) is 4.03. The van der Waals surface area contributed by atoms with Gasteiger partial charge in [-0.2, -0.15) is 13.2 Å². The number of nitrogens with zero attached hydrogens (tertiary/aromatic N) is 4. The van der Waals surface area contributed by atoms with Crippen LogP contribution in [0.5, 0.6) is 0 Å². The number of hydrogen-bond acceptors (Lipinski definition) is 8. The van der Waals surface area contributed by atoms with Crippen molar-refractivity contribution in [1.82, 2.24) is 20.2 Å². The molecule has 0 amide bonds. The Morgan fingerprint density at radius 2 is 1.93 bits per heavy atom. The number of nitrogens with one attached hydrogen (secondary N) is 1. The van der Waals surface area contributed by atoms with Crippen molar-refractivity contribution in [2.75, 3.05) is 5.32 Å². The van der Waals surface area contributed by atoms with Gasteiger partial charge in [-0.25, -0.2) is 9.97 Å². The van der Waals surface area contributed by atoms with Gasteiger partial charge >= 0.3 is 6.18 Å². The molecule has 0 aliphatic heterocycles. The highest BCUT2D eigenvalue weighted by Gasteiger charge is 2.35. The van der Waals surface area contributed by atoms with Crippen LogP contribution in [0.15, 0.2) is 56.4 Å². The SMILES string of the molecule is FC(F)(F)c1nc(Sc2nnc(NCc3ccco3)s2)c2ccccc2n1. The van der Waals surface area contributed by atoms with Gasteiger partial charge in [0.05, 0.1) is 18.3 Å². The van der Waals surface area contributed by atoms with E-state index in [0.717, 1.165) is 17.5 Å². The van der Waals surface area contributed by atoms with E-state index in [1.807, 2.05) is 6.07 Å². The van der Waals surface area contributed by atoms with Crippen LogP contribution in [0.2, 0.25) is 0 Å². The van der Waals surface area contributed by atoms with Crippen molar-refractivity contribution in [3.05, 3.63) is 54.2 Å². The van der Waals surface area contributed by atoms with Crippen LogP contribution in [0.1, 0.15) is 11.6 Å². The molecule has 138 valence electrons. The normalized spacial score (nSPS) is 11.8. The third-order valence-corrected chi connectivity index (χ3v) is 5.34. The van der Waals surface area contributed by atoms with Crippen molar-refractivity contribution in [1.29, 1.82) is 0 Å². The molecule has 0 aliphatic carbocycles. The molecule has 1 aromatic carbocycles. The average molecular weight is 409 g/mol. The monoisotopic (exact) mass is 409 g/mol. The molecule has 0 fully saturated rings. The highest BCUT2D eigenvalue weighted by Crippen LogP contribution is 2.37. The van der Waals surface area contributed by atoms with Crippen molar-refractivity contribution < 1.29 is 17.6 Å². The highest BCUT2D eigenvalue weighted by molar-refractivity contribution is 8.01. The standard InChI is InChI=1S/C16H10F3N5OS2/c17-16(18,19)13-21-11-6-2-1-5-10(11)12(22-13)26-15-24-23-14(27-15)20-8-9-4-3-7-25-9/h1-7H,8H2,(H,20,23). The van der Waals surface area contributed by atoms with Gasteiger partial charge in [0.2, 0.25) is 11.0 Å². The lowest BCUT2D eigenvalue weighted by molar-refractivity contribution is -0.145. The number of anilines is 1. The first kappa shape index (κ1) is 17.7. The number of alkyl halides is 3. The highest BCUT2D eigenvalue weighted by atomic mass is 32.2. The number of aromatic nitrogens is 4. The largest absolute Gasteiger partial charge is 0.467 e. The summed E-state index contributed by atoms with van der Waals surface area (Å²) in [4.78, 5) is 7.30. The lowest BCUT2D eigenvalue weighted by Crippen LogP contribution is -2.11. The van der Waals surface area contributed by atoms with Crippen LogP contribution < -0.4 is 5.32 Å². The van der Waals surface area contributed by atoms with E-state index in [9.17, 15) is 13.2 Å². The van der Waals surface area contributed by atoms with Gasteiger partial charge in [-0.15, -0.1) is 10.2 Å². The first-order valence-electron chi connectivity index (χ1n) is 7.60. The predicted octanol–water partition coefficient (Wildman–Crippen LogP) is 4.86. The number of rotatable bonds is 5. The predicted molar refractivity (Wildman–Crippen MR) is 94.6 cm³/mol. The summed E-state index contributed by atoms with van der Waals surface area (Å²) in [6.07, 6.45) is -3.06. The molecular weight excluding hydrogens is 399 g/mol. The van der Waals surface area contributed by atoms with Gasteiger partial charge in [0.15, 0.2) is 4.34 Å². The molecule has 0 radical (unpaired) electrons. The molecule has 3 heterocycles. The summed E-state index contributed by atoms with van der Waals surface area (Å²) in [5.74, 6) is -0.444. The third-order valence-electron chi connectivity index (χ3n) is 3.41. The minimum atomic E-state index is -4.63. The first-order valence-corrected chi connectivity index (χ1v) is 9.24. The Labute approximate surface area is 158 Å². The van der Waals surface area contributed by atoms with Gasteiger partial charge in [0, 0.05) is 5.39 Å². The van der Waals surface area contributed by atoms with E-state index in [4.69, 9.17) is 4.42 Å². The zero-order valence-electron chi connectivity index (χ0n) is 13.4. The molecule has 0 unspecified atom stereocenters. The molecule has 0 bridgehead atoms. The summed E-state index contributed by atoms with van der Waals surface area (Å²) in [5, 5.41) is 12.3. The van der Waals surface area contributed by atoms with E-state index in [1.54, 1.807) is 30.5 Å². The van der Waals surface area contributed by atoms with Gasteiger partial charge in [-0.1, -0.05) is 29.5 Å². The number of halogens is 3. The number of furan rings is 1. The van der Waals surface area contributed by atoms with Crippen LogP contribution in [-0.4, -0.2) is 20.2 Å². The summed E-state index contributed by atoms with van der Waals surface area (Å²) >= 11 is 2.24. The Balaban J connectivity index is 1.59. The molecule has 4 aromatic rings. The molecule has 6 nitrogen and oxygen atoms in total. The molecule has 0 atom stereocenters. The summed E-state index contributed by atoms with van der Waals surface area (Å²) in [6, 6.07) is 10.1. The van der Waals surface area contributed by atoms with Crippen molar-refractivity contribution >= 4 is 39.1 Å². The van der Waals surface area contributed by atoms with Gasteiger partial charge in [0.1, 0.15) is 10.8 Å². The lowest BCUT2D eigenvalue weighted by Gasteiger charge is -2.09. The molecular formula is C16H10F3N5OS2. The molecule has 11 heteroatoms. The van der Waals surface area contributed by atoms with Crippen LogP contribution >= 0.6 is 23.1 Å². The van der Waals surface area contributed by atoms with Gasteiger partial charge in [-0.05, 0) is 30.0 Å². The van der Waals surface area contributed by atoms with E-state index in [2.05, 4.69) is 25.5 Å². The second kappa shape index (κ2) is 7.16. The van der Waals surface area contributed by atoms with Gasteiger partial charge in [-0.3, -0.25) is 0 Å². The second-order valence-electron chi connectivity index (χ2n) is 5.28. The summed E-state index contributed by atoms with van der Waals surface area (Å²) < 4.78 is 45.0. The summed E-state index contributed by atoms with van der Waals surface area (Å²) in [6.45, 7) is 0.432. The van der Waals surface area contributed by atoms with Crippen molar-refractivity contribution in [2.24, 2.45) is 0 Å². The molecule has 3 aromatic heterocycles. The first-order chi connectivity index (χ1) is 13.0. The number of hydrogen-bond donors (Lipinski definition) is 1. The van der Waals surface area contributed by atoms with Crippen LogP contribution in [0.4, 0.5) is 18.3 Å². The van der Waals surface area contributed by atoms with Crippen molar-refractivity contribution in [3.8, 4) is 0 Å². The molecule has 1 N–H and O–H groups in total. The average Bonchev–Trinajstić information content (AvgIpc) is 3.31. The maximum absolute atomic E-state index is 13.1. The molecule has 0 saturated heterocycles. The lowest BCUT2D eigenvalue weighted by atomic mass is 10.2. The fraction of sp³-hybridized carbons (Fsp3) is 0.125. The Kier molecular flexibility index (Phi) is 4.70. The quantitative estimate of drug-likeness (QED) is 0.472. The fourth-order valence-corrected chi connectivity index (χ4v) is 4.01. The van der Waals surface area contributed by atoms with Crippen molar-refractivity contribution in [3.63, 3.8) is 0 Å². The zero-order chi connectivity index (χ0) is 18.9. The summed E-state index contributed by atoms with van der Waals surface area (Å²) in [5.41, 5.74) is 0.225. The van der Waals surface area contributed by atoms with E-state index in [-0.39, 0.29) is 10.5 Å². The second-order valence-corrected chi connectivity index (χ2v) is 7.49. The number of benzene rings is 1. The zero-order valence-corrected chi connectivity index (χ0v) is 15.0. The van der Waals surface area contributed by atoms with Crippen LogP contribution in [-0.2, 0) is 12.7 Å². The molecule has 27 heavy (non-hydrogen) atoms. The van der Waals surface area contributed by atoms with E-state index in [1.165, 1.54) is 17.4 Å². The Hall–Kier alpha value is -2.66. The maximum Gasteiger partial charge on any atom is 0.451 e. The molecule has 0 aliphatic rings. The Morgan fingerprint density at radius 3 is 2.70 bits per heavy atom. The Morgan fingerprint density at radius 1 is 1.07 bits per heavy atom. The molecule has 4 rings (SSSR count). The van der Waals surface area contributed by atoms with Crippen LogP contribution in [0, 0.1) is 0 Å². The van der Waals surface area contributed by atoms with E-state index < -0.39 is 12.0 Å². The topological polar surface area (TPSA) is 76.7 Å². The fourth-order valence-electron chi connectivity index (χ4n) is 2.23. The Bertz CT molecular complexity index is 1070. The molecule has 0 saturated carbocycles. The van der Waals surface area contributed by atoms with E-state index in [0.29, 0.717) is 21.4 Å².